The highest BCUT2D eigenvalue weighted by Crippen LogP contribution is 2.45. The van der Waals surface area contributed by atoms with Gasteiger partial charge in [-0.25, -0.2) is 0 Å². The predicted octanol–water partition coefficient (Wildman–Crippen LogP) is 4.68. The lowest BCUT2D eigenvalue weighted by Gasteiger charge is -2.31. The van der Waals surface area contributed by atoms with Gasteiger partial charge in [0.05, 0.1) is 11.4 Å². The lowest BCUT2D eigenvalue weighted by molar-refractivity contribution is 0.474. The minimum atomic E-state index is 0.723. The van der Waals surface area contributed by atoms with Gasteiger partial charge in [-0.1, -0.05) is 41.9 Å². The van der Waals surface area contributed by atoms with E-state index in [1.165, 1.54) is 0 Å². The van der Waals surface area contributed by atoms with E-state index in [0.29, 0.717) is 0 Å². The number of fused-ring (bicyclic) bond motifs is 2. The molecule has 0 radical (unpaired) electrons. The van der Waals surface area contributed by atoms with Crippen LogP contribution in [0.2, 0.25) is 0 Å². The molecule has 0 unspecified atom stereocenters. The highest BCUT2D eigenvalue weighted by Gasteiger charge is 2.22. The number of rotatable bonds is 2. The molecular weight excluding hydrogens is 246 g/mol. The summed E-state index contributed by atoms with van der Waals surface area (Å²) in [4.78, 5) is 2.19. The summed E-state index contributed by atoms with van der Waals surface area (Å²) < 4.78 is 5.89. The van der Waals surface area contributed by atoms with E-state index in [2.05, 4.69) is 4.90 Å². The largest absolute Gasteiger partial charge is 0.453 e. The third-order valence-corrected chi connectivity index (χ3v) is 3.09. The number of para-hydroxylation sites is 4. The first kappa shape index (κ1) is 11.2. The minimum absolute atomic E-state index is 0.723. The molecule has 0 saturated heterocycles. The van der Waals surface area contributed by atoms with Crippen LogP contribution < -0.4 is 9.64 Å². The summed E-state index contributed by atoms with van der Waals surface area (Å²) in [5, 5.41) is 0. The van der Waals surface area contributed by atoms with E-state index >= 15 is 0 Å². The fourth-order valence-electron chi connectivity index (χ4n) is 2.12. The summed E-state index contributed by atoms with van der Waals surface area (Å²) in [5.41, 5.74) is 3.66. The maximum atomic E-state index is 5.89. The normalized spacial score (nSPS) is 13.1. The Balaban J connectivity index is 2.11. The lowest BCUT2D eigenvalue weighted by atomic mass is 10.1. The molecular formula is C15H12ClNO. The molecule has 0 amide bonds. The first-order chi connectivity index (χ1) is 8.90. The van der Waals surface area contributed by atoms with Crippen molar-refractivity contribution in [3.05, 3.63) is 60.1 Å². The van der Waals surface area contributed by atoms with Crippen molar-refractivity contribution in [2.45, 2.75) is 0 Å². The molecule has 1 aliphatic heterocycles. The van der Waals surface area contributed by atoms with Crippen molar-refractivity contribution in [1.29, 1.82) is 0 Å². The summed E-state index contributed by atoms with van der Waals surface area (Å²) >= 11 is 5.64. The van der Waals surface area contributed by atoms with Crippen LogP contribution in [-0.4, -0.2) is 6.54 Å². The van der Waals surface area contributed by atoms with Gasteiger partial charge in [0, 0.05) is 12.1 Å². The van der Waals surface area contributed by atoms with Crippen LogP contribution in [0.3, 0.4) is 0 Å². The van der Waals surface area contributed by atoms with E-state index in [9.17, 15) is 0 Å². The molecule has 2 nitrogen and oxygen atoms in total. The zero-order chi connectivity index (χ0) is 12.4. The topological polar surface area (TPSA) is 12.5 Å². The van der Waals surface area contributed by atoms with E-state index in [1.807, 2.05) is 54.6 Å². The van der Waals surface area contributed by atoms with Crippen molar-refractivity contribution in [2.24, 2.45) is 0 Å². The van der Waals surface area contributed by atoms with Crippen molar-refractivity contribution in [3.8, 4) is 11.5 Å². The van der Waals surface area contributed by atoms with Crippen molar-refractivity contribution in [3.63, 3.8) is 0 Å². The average Bonchev–Trinajstić information content (AvgIpc) is 2.43. The van der Waals surface area contributed by atoms with Crippen LogP contribution in [0.4, 0.5) is 11.4 Å². The molecule has 1 aliphatic rings. The lowest BCUT2D eigenvalue weighted by Crippen LogP contribution is -2.20. The average molecular weight is 258 g/mol. The Kier molecular flexibility index (Phi) is 2.95. The number of ether oxygens (including phenoxy) is 1. The van der Waals surface area contributed by atoms with Crippen molar-refractivity contribution in [2.75, 3.05) is 11.4 Å². The Labute approximate surface area is 111 Å². The summed E-state index contributed by atoms with van der Waals surface area (Å²) in [6.07, 6.45) is 1.92. The molecule has 3 rings (SSSR count). The second-order valence-electron chi connectivity index (χ2n) is 4.01. The van der Waals surface area contributed by atoms with E-state index < -0.39 is 0 Å². The van der Waals surface area contributed by atoms with Crippen LogP contribution >= 0.6 is 11.6 Å². The fourth-order valence-corrected chi connectivity index (χ4v) is 2.20. The highest BCUT2D eigenvalue weighted by molar-refractivity contribution is 6.25. The van der Waals surface area contributed by atoms with Crippen LogP contribution in [0, 0.1) is 0 Å². The van der Waals surface area contributed by atoms with E-state index in [0.717, 1.165) is 29.4 Å². The first-order valence-electron chi connectivity index (χ1n) is 5.79. The molecule has 0 fully saturated rings. The molecule has 0 N–H and O–H groups in total. The molecule has 0 aromatic heterocycles. The van der Waals surface area contributed by atoms with Gasteiger partial charge in [-0.05, 0) is 24.3 Å². The minimum Gasteiger partial charge on any atom is -0.453 e. The van der Waals surface area contributed by atoms with E-state index in [-0.39, 0.29) is 0 Å². The number of anilines is 2. The number of nitrogens with zero attached hydrogens (tertiary/aromatic N) is 1. The summed E-state index contributed by atoms with van der Waals surface area (Å²) in [6.45, 7) is 0.723. The van der Waals surface area contributed by atoms with Crippen molar-refractivity contribution in [1.82, 2.24) is 0 Å². The monoisotopic (exact) mass is 257 g/mol. The van der Waals surface area contributed by atoms with Crippen LogP contribution in [0.15, 0.2) is 60.1 Å². The SMILES string of the molecule is ClC=CCN1c2ccccc2Oc2ccccc21. The number of halogens is 1. The molecule has 18 heavy (non-hydrogen) atoms. The quantitative estimate of drug-likeness (QED) is 0.774. The molecule has 0 spiro atoms. The predicted molar refractivity (Wildman–Crippen MR) is 75.0 cm³/mol. The van der Waals surface area contributed by atoms with Crippen LogP contribution in [0.5, 0.6) is 11.5 Å². The van der Waals surface area contributed by atoms with Gasteiger partial charge in [-0.15, -0.1) is 0 Å². The summed E-state index contributed by atoms with van der Waals surface area (Å²) in [5.74, 6) is 1.75. The van der Waals surface area contributed by atoms with Gasteiger partial charge in [0.2, 0.25) is 0 Å². The Morgan fingerprint density at radius 3 is 2.06 bits per heavy atom. The van der Waals surface area contributed by atoms with Crippen LogP contribution in [-0.2, 0) is 0 Å². The second-order valence-corrected chi connectivity index (χ2v) is 4.26. The maximum Gasteiger partial charge on any atom is 0.151 e. The number of hydrogen-bond donors (Lipinski definition) is 0. The molecule has 0 aliphatic carbocycles. The van der Waals surface area contributed by atoms with Gasteiger partial charge < -0.3 is 9.64 Å². The number of hydrogen-bond acceptors (Lipinski definition) is 2. The summed E-state index contributed by atoms with van der Waals surface area (Å²) in [6, 6.07) is 16.0. The molecule has 2 aromatic carbocycles. The molecule has 0 atom stereocenters. The second kappa shape index (κ2) is 4.75. The zero-order valence-corrected chi connectivity index (χ0v) is 10.5. The molecule has 1 heterocycles. The standard InChI is InChI=1S/C15H12ClNO/c16-10-5-11-17-12-6-1-3-8-14(12)18-15-9-4-2-7-13(15)17/h1-10H,11H2. The number of benzene rings is 2. The first-order valence-corrected chi connectivity index (χ1v) is 6.22. The van der Waals surface area contributed by atoms with E-state index in [1.54, 1.807) is 5.54 Å². The van der Waals surface area contributed by atoms with Gasteiger partial charge in [0.25, 0.3) is 0 Å². The van der Waals surface area contributed by atoms with Crippen molar-refractivity contribution < 1.29 is 4.74 Å². The zero-order valence-electron chi connectivity index (χ0n) is 9.71. The molecule has 3 heteroatoms. The summed E-state index contributed by atoms with van der Waals surface area (Å²) in [7, 11) is 0. The van der Waals surface area contributed by atoms with Gasteiger partial charge in [-0.2, -0.15) is 0 Å². The fraction of sp³-hybridized carbons (Fsp3) is 0.0667. The smallest absolute Gasteiger partial charge is 0.151 e. The van der Waals surface area contributed by atoms with Gasteiger partial charge >= 0.3 is 0 Å². The molecule has 2 aromatic rings. The van der Waals surface area contributed by atoms with E-state index in [4.69, 9.17) is 16.3 Å². The molecule has 90 valence electrons. The molecule has 0 saturated carbocycles. The Hall–Kier alpha value is -1.93. The Morgan fingerprint density at radius 2 is 1.50 bits per heavy atom. The highest BCUT2D eigenvalue weighted by atomic mass is 35.5. The van der Waals surface area contributed by atoms with Gasteiger partial charge in [0.1, 0.15) is 0 Å². The third kappa shape index (κ3) is 1.85. The maximum absolute atomic E-state index is 5.89. The van der Waals surface area contributed by atoms with Crippen LogP contribution in [0.1, 0.15) is 0 Å². The van der Waals surface area contributed by atoms with Crippen molar-refractivity contribution >= 4 is 23.0 Å². The molecule has 0 bridgehead atoms. The Bertz CT molecular complexity index is 549. The van der Waals surface area contributed by atoms with Crippen LogP contribution in [0.25, 0.3) is 0 Å². The van der Waals surface area contributed by atoms with Gasteiger partial charge in [-0.3, -0.25) is 0 Å². The Morgan fingerprint density at radius 1 is 0.944 bits per heavy atom. The van der Waals surface area contributed by atoms with Gasteiger partial charge in [0.15, 0.2) is 11.5 Å². The third-order valence-electron chi connectivity index (χ3n) is 2.91.